The highest BCUT2D eigenvalue weighted by atomic mass is 19.1. The molecule has 0 saturated carbocycles. The number of hydrogen-bond donors (Lipinski definition) is 1. The lowest BCUT2D eigenvalue weighted by Gasteiger charge is -2.38. The summed E-state index contributed by atoms with van der Waals surface area (Å²) >= 11 is 0. The lowest BCUT2D eigenvalue weighted by Crippen LogP contribution is -2.49. The number of morpholine rings is 1. The van der Waals surface area contributed by atoms with Gasteiger partial charge in [0.2, 0.25) is 0 Å². The van der Waals surface area contributed by atoms with Gasteiger partial charge in [-0.15, -0.1) is 0 Å². The highest BCUT2D eigenvalue weighted by Crippen LogP contribution is 2.23. The lowest BCUT2D eigenvalue weighted by atomic mass is 10.0. The van der Waals surface area contributed by atoms with Gasteiger partial charge in [0.05, 0.1) is 24.4 Å². The average molecular weight is 271 g/mol. The van der Waals surface area contributed by atoms with Crippen LogP contribution >= 0.6 is 0 Å². The van der Waals surface area contributed by atoms with E-state index in [0.717, 1.165) is 12.1 Å². The minimum atomic E-state index is -1.17. The molecule has 5 heteroatoms. The fourth-order valence-electron chi connectivity index (χ4n) is 2.40. The Balaban J connectivity index is 2.10. The Bertz CT molecular complexity index is 421. The first kappa shape index (κ1) is 14.4. The molecule has 0 spiro atoms. The Labute approximate surface area is 111 Å². The molecule has 3 nitrogen and oxygen atoms in total. The molecule has 1 aromatic rings. The van der Waals surface area contributed by atoms with Crippen molar-refractivity contribution >= 4 is 0 Å². The third kappa shape index (κ3) is 3.11. The van der Waals surface area contributed by atoms with E-state index in [1.165, 1.54) is 6.07 Å². The third-order valence-corrected chi connectivity index (χ3v) is 3.75. The van der Waals surface area contributed by atoms with E-state index in [9.17, 15) is 13.9 Å². The quantitative estimate of drug-likeness (QED) is 0.914. The number of rotatable bonds is 3. The van der Waals surface area contributed by atoms with Crippen LogP contribution in [0.5, 0.6) is 0 Å². The molecule has 106 valence electrons. The Hall–Kier alpha value is -1.04. The number of halogens is 2. The number of benzene rings is 1. The SMILES string of the molecule is CC1OCCN(CC(O)c2c(F)cccc2F)C1C. The van der Waals surface area contributed by atoms with Crippen molar-refractivity contribution in [3.8, 4) is 0 Å². The largest absolute Gasteiger partial charge is 0.387 e. The van der Waals surface area contributed by atoms with Crippen LogP contribution in [0.3, 0.4) is 0 Å². The number of aliphatic hydroxyl groups is 1. The van der Waals surface area contributed by atoms with Crippen molar-refractivity contribution in [3.63, 3.8) is 0 Å². The number of nitrogens with zero attached hydrogens (tertiary/aromatic N) is 1. The van der Waals surface area contributed by atoms with Crippen LogP contribution in [-0.4, -0.2) is 41.8 Å². The van der Waals surface area contributed by atoms with Crippen molar-refractivity contribution in [1.82, 2.24) is 4.90 Å². The lowest BCUT2D eigenvalue weighted by molar-refractivity contribution is -0.0677. The van der Waals surface area contributed by atoms with E-state index in [2.05, 4.69) is 0 Å². The first-order valence-electron chi connectivity index (χ1n) is 6.48. The second-order valence-electron chi connectivity index (χ2n) is 4.96. The van der Waals surface area contributed by atoms with Gasteiger partial charge in [-0.3, -0.25) is 4.90 Å². The number of ether oxygens (including phenoxy) is 1. The Morgan fingerprint density at radius 1 is 1.37 bits per heavy atom. The zero-order valence-electron chi connectivity index (χ0n) is 11.1. The predicted octanol–water partition coefficient (Wildman–Crippen LogP) is 2.11. The van der Waals surface area contributed by atoms with Crippen molar-refractivity contribution in [2.75, 3.05) is 19.7 Å². The van der Waals surface area contributed by atoms with Crippen LogP contribution in [0.1, 0.15) is 25.5 Å². The molecule has 0 amide bonds. The van der Waals surface area contributed by atoms with E-state index >= 15 is 0 Å². The van der Waals surface area contributed by atoms with Gasteiger partial charge in [-0.25, -0.2) is 8.78 Å². The van der Waals surface area contributed by atoms with Gasteiger partial charge in [-0.1, -0.05) is 6.07 Å². The van der Waals surface area contributed by atoms with Gasteiger partial charge in [0.25, 0.3) is 0 Å². The predicted molar refractivity (Wildman–Crippen MR) is 67.8 cm³/mol. The molecule has 1 heterocycles. The van der Waals surface area contributed by atoms with Crippen molar-refractivity contribution in [2.45, 2.75) is 32.1 Å². The molecule has 1 saturated heterocycles. The standard InChI is InChI=1S/C14H19F2NO2/c1-9-10(2)19-7-6-17(9)8-13(18)14-11(15)4-3-5-12(14)16/h3-5,9-10,13,18H,6-8H2,1-2H3. The molecule has 1 aliphatic heterocycles. The Morgan fingerprint density at radius 3 is 2.63 bits per heavy atom. The summed E-state index contributed by atoms with van der Waals surface area (Å²) in [5, 5.41) is 10.1. The fraction of sp³-hybridized carbons (Fsp3) is 0.571. The smallest absolute Gasteiger partial charge is 0.131 e. The average Bonchev–Trinajstić information content (AvgIpc) is 2.35. The summed E-state index contributed by atoms with van der Waals surface area (Å²) in [6, 6.07) is 3.72. The van der Waals surface area contributed by atoms with Crippen molar-refractivity contribution in [1.29, 1.82) is 0 Å². The Morgan fingerprint density at radius 2 is 2.00 bits per heavy atom. The van der Waals surface area contributed by atoms with Crippen molar-refractivity contribution < 1.29 is 18.6 Å². The van der Waals surface area contributed by atoms with Crippen LogP contribution in [0.15, 0.2) is 18.2 Å². The van der Waals surface area contributed by atoms with E-state index in [-0.39, 0.29) is 24.3 Å². The molecule has 2 rings (SSSR count). The molecule has 0 aliphatic carbocycles. The van der Waals surface area contributed by atoms with Crippen molar-refractivity contribution in [2.24, 2.45) is 0 Å². The van der Waals surface area contributed by atoms with Crippen LogP contribution in [0.25, 0.3) is 0 Å². The van der Waals surface area contributed by atoms with Gasteiger partial charge < -0.3 is 9.84 Å². The minimum Gasteiger partial charge on any atom is -0.387 e. The molecule has 3 unspecified atom stereocenters. The van der Waals surface area contributed by atoms with Gasteiger partial charge in [-0.05, 0) is 26.0 Å². The van der Waals surface area contributed by atoms with Crippen LogP contribution in [-0.2, 0) is 4.74 Å². The van der Waals surface area contributed by atoms with Gasteiger partial charge >= 0.3 is 0 Å². The van der Waals surface area contributed by atoms with Crippen LogP contribution in [0.2, 0.25) is 0 Å². The summed E-state index contributed by atoms with van der Waals surface area (Å²) in [5.74, 6) is -1.41. The molecular weight excluding hydrogens is 252 g/mol. The van der Waals surface area contributed by atoms with E-state index < -0.39 is 17.7 Å². The molecule has 0 aromatic heterocycles. The summed E-state index contributed by atoms with van der Waals surface area (Å²) in [6.45, 7) is 5.35. The topological polar surface area (TPSA) is 32.7 Å². The van der Waals surface area contributed by atoms with E-state index in [1.807, 2.05) is 18.7 Å². The third-order valence-electron chi connectivity index (χ3n) is 3.75. The van der Waals surface area contributed by atoms with Gasteiger partial charge in [0.1, 0.15) is 11.6 Å². The highest BCUT2D eigenvalue weighted by molar-refractivity contribution is 5.22. The summed E-state index contributed by atoms with van der Waals surface area (Å²) in [7, 11) is 0. The second kappa shape index (κ2) is 5.94. The molecule has 1 aliphatic rings. The van der Waals surface area contributed by atoms with E-state index in [1.54, 1.807) is 0 Å². The number of hydrogen-bond acceptors (Lipinski definition) is 3. The molecule has 1 fully saturated rings. The molecule has 3 atom stereocenters. The van der Waals surface area contributed by atoms with Gasteiger partial charge in [0, 0.05) is 19.1 Å². The maximum atomic E-state index is 13.6. The molecule has 0 radical (unpaired) electrons. The maximum Gasteiger partial charge on any atom is 0.131 e. The summed E-state index contributed by atoms with van der Waals surface area (Å²) in [5.41, 5.74) is -0.256. The van der Waals surface area contributed by atoms with E-state index in [0.29, 0.717) is 13.2 Å². The molecular formula is C14H19F2NO2. The summed E-state index contributed by atoms with van der Waals surface area (Å²) in [6.07, 6.45) is -1.12. The van der Waals surface area contributed by atoms with E-state index in [4.69, 9.17) is 4.74 Å². The van der Waals surface area contributed by atoms with Crippen molar-refractivity contribution in [3.05, 3.63) is 35.4 Å². The molecule has 19 heavy (non-hydrogen) atoms. The van der Waals surface area contributed by atoms with Crippen LogP contribution in [0.4, 0.5) is 8.78 Å². The molecule has 0 bridgehead atoms. The first-order chi connectivity index (χ1) is 9.00. The fourth-order valence-corrected chi connectivity index (χ4v) is 2.40. The maximum absolute atomic E-state index is 13.6. The minimum absolute atomic E-state index is 0.0476. The highest BCUT2D eigenvalue weighted by Gasteiger charge is 2.28. The number of β-amino-alcohol motifs (C(OH)–C–C–N with tert-alkyl or cyclic N) is 1. The Kier molecular flexibility index (Phi) is 4.50. The first-order valence-corrected chi connectivity index (χ1v) is 6.48. The van der Waals surface area contributed by atoms with Crippen LogP contribution < -0.4 is 0 Å². The molecule has 1 N–H and O–H groups in total. The second-order valence-corrected chi connectivity index (χ2v) is 4.96. The summed E-state index contributed by atoms with van der Waals surface area (Å²) < 4.78 is 32.7. The van der Waals surface area contributed by atoms with Gasteiger partial charge in [-0.2, -0.15) is 0 Å². The van der Waals surface area contributed by atoms with Gasteiger partial charge in [0.15, 0.2) is 0 Å². The summed E-state index contributed by atoms with van der Waals surface area (Å²) in [4.78, 5) is 1.99. The zero-order chi connectivity index (χ0) is 14.0. The van der Waals surface area contributed by atoms with Crippen LogP contribution in [0, 0.1) is 11.6 Å². The zero-order valence-corrected chi connectivity index (χ0v) is 11.1. The normalized spacial score (nSPS) is 26.4. The number of aliphatic hydroxyl groups excluding tert-OH is 1. The molecule has 1 aromatic carbocycles. The monoisotopic (exact) mass is 271 g/mol.